The molecule has 148 valence electrons. The number of carbonyl (C=O) groups excluding carboxylic acids is 2. The molecule has 2 aromatic carbocycles. The van der Waals surface area contributed by atoms with Crippen LogP contribution < -0.4 is 15.5 Å². The van der Waals surface area contributed by atoms with E-state index in [0.29, 0.717) is 43.1 Å². The molecule has 0 aromatic heterocycles. The van der Waals surface area contributed by atoms with Crippen LogP contribution in [-0.2, 0) is 0 Å². The summed E-state index contributed by atoms with van der Waals surface area (Å²) in [5.74, 6) is -0.307. The first-order valence-electron chi connectivity index (χ1n) is 9.40. The molecular weight excluding hydrogens is 359 g/mol. The van der Waals surface area contributed by atoms with Crippen LogP contribution in [-0.4, -0.2) is 49.1 Å². The Morgan fingerprint density at radius 1 is 0.964 bits per heavy atom. The molecule has 7 heteroatoms. The van der Waals surface area contributed by atoms with Crippen molar-refractivity contribution in [2.75, 3.05) is 36.4 Å². The molecule has 28 heavy (non-hydrogen) atoms. The van der Waals surface area contributed by atoms with Crippen LogP contribution in [0.3, 0.4) is 0 Å². The molecule has 1 fully saturated rings. The number of hydrogen-bond acceptors (Lipinski definition) is 3. The van der Waals surface area contributed by atoms with Crippen molar-refractivity contribution in [2.24, 2.45) is 0 Å². The summed E-state index contributed by atoms with van der Waals surface area (Å²) in [4.78, 5) is 28.2. The highest BCUT2D eigenvalue weighted by atomic mass is 19.1. The van der Waals surface area contributed by atoms with Gasteiger partial charge in [-0.2, -0.15) is 0 Å². The first-order valence-corrected chi connectivity index (χ1v) is 9.40. The van der Waals surface area contributed by atoms with E-state index in [4.69, 9.17) is 0 Å². The van der Waals surface area contributed by atoms with Gasteiger partial charge in [-0.15, -0.1) is 0 Å². The molecule has 6 nitrogen and oxygen atoms in total. The van der Waals surface area contributed by atoms with Gasteiger partial charge in [0.1, 0.15) is 5.82 Å². The maximum atomic E-state index is 13.9. The van der Waals surface area contributed by atoms with E-state index in [9.17, 15) is 14.0 Å². The summed E-state index contributed by atoms with van der Waals surface area (Å²) in [6.07, 6.45) is 0. The van der Waals surface area contributed by atoms with Crippen LogP contribution in [0, 0.1) is 5.82 Å². The van der Waals surface area contributed by atoms with Crippen LogP contribution in [0.4, 0.5) is 20.6 Å². The minimum absolute atomic E-state index is 0.0453. The van der Waals surface area contributed by atoms with E-state index in [1.165, 1.54) is 6.07 Å². The first kappa shape index (κ1) is 19.7. The molecule has 0 saturated carbocycles. The van der Waals surface area contributed by atoms with Gasteiger partial charge in [-0.05, 0) is 50.2 Å². The Labute approximate surface area is 164 Å². The highest BCUT2D eigenvalue weighted by molar-refractivity contribution is 5.95. The molecular formula is C21H25FN4O2. The van der Waals surface area contributed by atoms with Crippen LogP contribution in [0.1, 0.15) is 24.2 Å². The van der Waals surface area contributed by atoms with Gasteiger partial charge in [0.05, 0.1) is 5.69 Å². The largest absolute Gasteiger partial charge is 0.366 e. The Balaban J connectivity index is 1.56. The molecule has 0 unspecified atom stereocenters. The van der Waals surface area contributed by atoms with Crippen LogP contribution >= 0.6 is 0 Å². The Kier molecular flexibility index (Phi) is 6.13. The van der Waals surface area contributed by atoms with Gasteiger partial charge in [0.15, 0.2) is 0 Å². The first-order chi connectivity index (χ1) is 13.4. The number of nitrogens with zero attached hydrogens (tertiary/aromatic N) is 2. The number of para-hydroxylation sites is 1. The average molecular weight is 384 g/mol. The van der Waals surface area contributed by atoms with Gasteiger partial charge in [0, 0.05) is 43.5 Å². The van der Waals surface area contributed by atoms with Gasteiger partial charge in [0.2, 0.25) is 0 Å². The third-order valence-electron chi connectivity index (χ3n) is 4.57. The standard InChI is InChI=1S/C21H25FN4O2/c1-15(2)23-21(28)24-17-9-7-16(8-10-17)20(27)26-13-11-25(12-14-26)19-6-4-3-5-18(19)22/h3-10,15H,11-14H2,1-2H3,(H2,23,24,28). The van der Waals surface area contributed by atoms with E-state index in [-0.39, 0.29) is 23.8 Å². The van der Waals surface area contributed by atoms with Crippen molar-refractivity contribution < 1.29 is 14.0 Å². The summed E-state index contributed by atoms with van der Waals surface area (Å²) in [6, 6.07) is 13.3. The molecule has 3 amide bonds. The molecule has 2 N–H and O–H groups in total. The zero-order chi connectivity index (χ0) is 20.1. The number of benzene rings is 2. The van der Waals surface area contributed by atoms with E-state index < -0.39 is 0 Å². The van der Waals surface area contributed by atoms with Gasteiger partial charge < -0.3 is 20.4 Å². The number of anilines is 2. The molecule has 0 aliphatic carbocycles. The Bertz CT molecular complexity index is 831. The highest BCUT2D eigenvalue weighted by Gasteiger charge is 2.23. The SMILES string of the molecule is CC(C)NC(=O)Nc1ccc(C(=O)N2CCN(c3ccccc3F)CC2)cc1. The van der Waals surface area contributed by atoms with Crippen molar-refractivity contribution in [3.8, 4) is 0 Å². The topological polar surface area (TPSA) is 64.7 Å². The lowest BCUT2D eigenvalue weighted by Crippen LogP contribution is -2.49. The molecule has 1 saturated heterocycles. The summed E-state index contributed by atoms with van der Waals surface area (Å²) in [7, 11) is 0. The summed E-state index contributed by atoms with van der Waals surface area (Å²) < 4.78 is 13.9. The maximum Gasteiger partial charge on any atom is 0.319 e. The molecule has 1 heterocycles. The van der Waals surface area contributed by atoms with Crippen molar-refractivity contribution in [2.45, 2.75) is 19.9 Å². The molecule has 1 aliphatic rings. The zero-order valence-corrected chi connectivity index (χ0v) is 16.1. The number of halogens is 1. The third kappa shape index (κ3) is 4.79. The average Bonchev–Trinajstić information content (AvgIpc) is 2.68. The second-order valence-electron chi connectivity index (χ2n) is 7.06. The molecule has 0 spiro atoms. The summed E-state index contributed by atoms with van der Waals surface area (Å²) in [5, 5.41) is 5.48. The fraction of sp³-hybridized carbons (Fsp3) is 0.333. The molecule has 3 rings (SSSR count). The number of hydrogen-bond donors (Lipinski definition) is 2. The number of carbonyl (C=O) groups is 2. The lowest BCUT2D eigenvalue weighted by molar-refractivity contribution is 0.0746. The Morgan fingerprint density at radius 3 is 2.21 bits per heavy atom. The number of nitrogens with one attached hydrogen (secondary N) is 2. The van der Waals surface area contributed by atoms with Crippen molar-refractivity contribution >= 4 is 23.3 Å². The van der Waals surface area contributed by atoms with Crippen molar-refractivity contribution in [3.63, 3.8) is 0 Å². The van der Waals surface area contributed by atoms with Crippen LogP contribution in [0.15, 0.2) is 48.5 Å². The summed E-state index contributed by atoms with van der Waals surface area (Å²) >= 11 is 0. The molecule has 0 bridgehead atoms. The van der Waals surface area contributed by atoms with Gasteiger partial charge in [-0.3, -0.25) is 4.79 Å². The number of amides is 3. The van der Waals surface area contributed by atoms with E-state index in [2.05, 4.69) is 10.6 Å². The minimum atomic E-state index is -0.279. The van der Waals surface area contributed by atoms with Gasteiger partial charge in [0.25, 0.3) is 5.91 Å². The summed E-state index contributed by atoms with van der Waals surface area (Å²) in [5.41, 5.74) is 1.76. The van der Waals surface area contributed by atoms with E-state index in [1.807, 2.05) is 24.8 Å². The van der Waals surface area contributed by atoms with Crippen LogP contribution in [0.25, 0.3) is 0 Å². The molecule has 0 radical (unpaired) electrons. The zero-order valence-electron chi connectivity index (χ0n) is 16.1. The van der Waals surface area contributed by atoms with E-state index in [0.717, 1.165) is 0 Å². The van der Waals surface area contributed by atoms with E-state index >= 15 is 0 Å². The monoisotopic (exact) mass is 384 g/mol. The van der Waals surface area contributed by atoms with Crippen LogP contribution in [0.2, 0.25) is 0 Å². The van der Waals surface area contributed by atoms with Gasteiger partial charge in [-0.1, -0.05) is 12.1 Å². The maximum absolute atomic E-state index is 13.9. The number of rotatable bonds is 4. The van der Waals surface area contributed by atoms with Gasteiger partial charge in [-0.25, -0.2) is 9.18 Å². The predicted molar refractivity (Wildman–Crippen MR) is 108 cm³/mol. The lowest BCUT2D eigenvalue weighted by atomic mass is 10.1. The quantitative estimate of drug-likeness (QED) is 0.850. The highest BCUT2D eigenvalue weighted by Crippen LogP contribution is 2.21. The molecule has 1 aliphatic heterocycles. The minimum Gasteiger partial charge on any atom is -0.366 e. The second-order valence-corrected chi connectivity index (χ2v) is 7.06. The normalized spacial score (nSPS) is 14.1. The summed E-state index contributed by atoms with van der Waals surface area (Å²) in [6.45, 7) is 6.00. The van der Waals surface area contributed by atoms with E-state index in [1.54, 1.807) is 41.3 Å². The van der Waals surface area contributed by atoms with Crippen molar-refractivity contribution in [3.05, 3.63) is 59.9 Å². The fourth-order valence-corrected chi connectivity index (χ4v) is 3.17. The van der Waals surface area contributed by atoms with Crippen LogP contribution in [0.5, 0.6) is 0 Å². The van der Waals surface area contributed by atoms with Crippen molar-refractivity contribution in [1.29, 1.82) is 0 Å². The lowest BCUT2D eigenvalue weighted by Gasteiger charge is -2.36. The number of piperazine rings is 1. The van der Waals surface area contributed by atoms with Crippen molar-refractivity contribution in [1.82, 2.24) is 10.2 Å². The van der Waals surface area contributed by atoms with Gasteiger partial charge >= 0.3 is 6.03 Å². The fourth-order valence-electron chi connectivity index (χ4n) is 3.17. The molecule has 2 aromatic rings. The third-order valence-corrected chi connectivity index (χ3v) is 4.57. The smallest absolute Gasteiger partial charge is 0.319 e. The Hall–Kier alpha value is -3.09. The second kappa shape index (κ2) is 8.73. The number of urea groups is 1. The Morgan fingerprint density at radius 2 is 1.61 bits per heavy atom. The molecule has 0 atom stereocenters. The predicted octanol–water partition coefficient (Wildman–Crippen LogP) is 3.32.